The van der Waals surface area contributed by atoms with E-state index in [-0.39, 0.29) is 12.4 Å². The number of pyridine rings is 1. The quantitative estimate of drug-likeness (QED) is 0.761. The van der Waals surface area contributed by atoms with E-state index in [1.54, 1.807) is 24.0 Å². The Morgan fingerprint density at radius 2 is 2.14 bits per heavy atom. The predicted octanol–water partition coefficient (Wildman–Crippen LogP) is 3.71. The normalized spacial score (nSPS) is 10.6. The van der Waals surface area contributed by atoms with Crippen LogP contribution in [-0.4, -0.2) is 22.5 Å². The van der Waals surface area contributed by atoms with Crippen LogP contribution in [0.5, 0.6) is 0 Å². The van der Waals surface area contributed by atoms with Gasteiger partial charge in [-0.15, -0.1) is 0 Å². The summed E-state index contributed by atoms with van der Waals surface area (Å²) < 4.78 is 13.6. The lowest BCUT2D eigenvalue weighted by atomic mass is 10.2. The molecule has 6 heteroatoms. The number of aromatic nitrogens is 1. The van der Waals surface area contributed by atoms with Gasteiger partial charge in [-0.3, -0.25) is 0 Å². The summed E-state index contributed by atoms with van der Waals surface area (Å²) in [5.41, 5.74) is 1.61. The van der Waals surface area contributed by atoms with Crippen molar-refractivity contribution in [3.05, 3.63) is 58.5 Å². The molecule has 0 bridgehead atoms. The highest BCUT2D eigenvalue weighted by Crippen LogP contribution is 2.18. The maximum absolute atomic E-state index is 13.6. The lowest BCUT2D eigenvalue weighted by molar-refractivity contribution is 0.322. The molecule has 2 aromatic rings. The minimum atomic E-state index is -0.290. The van der Waals surface area contributed by atoms with Gasteiger partial charge >= 0.3 is 0 Å². The number of benzene rings is 1. The lowest BCUT2D eigenvalue weighted by Gasteiger charge is -2.08. The summed E-state index contributed by atoms with van der Waals surface area (Å²) in [4.78, 5) is 4.21. The average molecular weight is 327 g/mol. The van der Waals surface area contributed by atoms with Crippen LogP contribution in [-0.2, 0) is 12.3 Å². The van der Waals surface area contributed by atoms with Gasteiger partial charge in [-0.05, 0) is 35.9 Å². The summed E-state index contributed by atoms with van der Waals surface area (Å²) >= 11 is 7.51. The number of aliphatic hydroxyl groups excluding tert-OH is 1. The molecule has 1 aromatic carbocycles. The molecule has 0 spiro atoms. The molecule has 0 amide bonds. The van der Waals surface area contributed by atoms with Crippen molar-refractivity contribution in [3.63, 3.8) is 0 Å². The number of aliphatic hydroxyl groups is 1. The first kappa shape index (κ1) is 16.1. The van der Waals surface area contributed by atoms with Crippen LogP contribution < -0.4 is 5.32 Å². The third kappa shape index (κ3) is 5.19. The molecule has 3 nitrogen and oxygen atoms in total. The van der Waals surface area contributed by atoms with Crippen LogP contribution in [0.15, 0.2) is 36.5 Å². The smallest absolute Gasteiger partial charge is 0.128 e. The molecule has 2 N–H and O–H groups in total. The molecule has 0 aliphatic carbocycles. The van der Waals surface area contributed by atoms with Crippen LogP contribution in [0.4, 0.5) is 10.2 Å². The predicted molar refractivity (Wildman–Crippen MR) is 86.2 cm³/mol. The molecule has 21 heavy (non-hydrogen) atoms. The number of nitrogens with zero attached hydrogens (tertiary/aromatic N) is 1. The van der Waals surface area contributed by atoms with Crippen LogP contribution in [0, 0.1) is 5.82 Å². The van der Waals surface area contributed by atoms with E-state index in [9.17, 15) is 4.39 Å². The highest BCUT2D eigenvalue weighted by molar-refractivity contribution is 7.98. The van der Waals surface area contributed by atoms with Crippen LogP contribution in [0.1, 0.15) is 11.1 Å². The molecular weight excluding hydrogens is 311 g/mol. The molecule has 0 radical (unpaired) electrons. The van der Waals surface area contributed by atoms with Gasteiger partial charge in [0, 0.05) is 34.8 Å². The zero-order valence-electron chi connectivity index (χ0n) is 11.4. The van der Waals surface area contributed by atoms with Gasteiger partial charge in [0.1, 0.15) is 11.6 Å². The number of nitrogens with one attached hydrogen (secondary N) is 1. The fourth-order valence-electron chi connectivity index (χ4n) is 1.78. The van der Waals surface area contributed by atoms with Crippen LogP contribution in [0.3, 0.4) is 0 Å². The maximum atomic E-state index is 13.6. The highest BCUT2D eigenvalue weighted by atomic mass is 35.5. The fourth-order valence-corrected chi connectivity index (χ4v) is 2.66. The van der Waals surface area contributed by atoms with Gasteiger partial charge < -0.3 is 10.4 Å². The maximum Gasteiger partial charge on any atom is 0.128 e. The largest absolute Gasteiger partial charge is 0.396 e. The summed E-state index contributed by atoms with van der Waals surface area (Å²) in [5, 5.41) is 12.4. The standard InChI is InChI=1S/C15H16ClFN2OS/c16-13-1-2-14(17)12(8-13)9-19-15-7-11(3-4-18-15)10-21-6-5-20/h1-4,7-8,20H,5-6,9-10H2,(H,18,19). The number of halogens is 2. The molecule has 2 rings (SSSR count). The molecule has 0 aliphatic rings. The second-order valence-corrected chi connectivity index (χ2v) is 5.96. The Bertz CT molecular complexity index is 598. The zero-order chi connectivity index (χ0) is 15.1. The molecule has 0 atom stereocenters. The van der Waals surface area contributed by atoms with E-state index in [0.29, 0.717) is 28.7 Å². The Balaban J connectivity index is 1.96. The molecule has 1 heterocycles. The first-order valence-corrected chi connectivity index (χ1v) is 8.03. The van der Waals surface area contributed by atoms with Crippen LogP contribution in [0.2, 0.25) is 5.02 Å². The Labute approximate surface area is 132 Å². The monoisotopic (exact) mass is 326 g/mol. The van der Waals surface area contributed by atoms with Crippen molar-refractivity contribution in [2.45, 2.75) is 12.3 Å². The highest BCUT2D eigenvalue weighted by Gasteiger charge is 2.04. The molecular formula is C15H16ClFN2OS. The van der Waals surface area contributed by atoms with Gasteiger partial charge in [0.25, 0.3) is 0 Å². The van der Waals surface area contributed by atoms with Crippen molar-refractivity contribution >= 4 is 29.2 Å². The Kier molecular flexibility index (Phi) is 6.29. The van der Waals surface area contributed by atoms with E-state index >= 15 is 0 Å². The van der Waals surface area contributed by atoms with Crippen LogP contribution in [0.25, 0.3) is 0 Å². The fraction of sp³-hybridized carbons (Fsp3) is 0.267. The third-order valence-corrected chi connectivity index (χ3v) is 4.04. The first-order valence-electron chi connectivity index (χ1n) is 6.50. The van der Waals surface area contributed by atoms with E-state index in [1.807, 2.05) is 12.1 Å². The summed E-state index contributed by atoms with van der Waals surface area (Å²) in [6, 6.07) is 8.33. The number of rotatable bonds is 7. The summed E-state index contributed by atoms with van der Waals surface area (Å²) in [5.74, 6) is 1.92. The molecule has 0 saturated heterocycles. The Morgan fingerprint density at radius 3 is 2.95 bits per heavy atom. The molecule has 0 unspecified atom stereocenters. The molecule has 112 valence electrons. The van der Waals surface area contributed by atoms with Crippen molar-refractivity contribution in [2.75, 3.05) is 17.7 Å². The average Bonchev–Trinajstić information content (AvgIpc) is 2.49. The summed E-state index contributed by atoms with van der Waals surface area (Å²) in [6.07, 6.45) is 1.71. The first-order chi connectivity index (χ1) is 10.2. The molecule has 0 saturated carbocycles. The third-order valence-electron chi connectivity index (χ3n) is 2.80. The summed E-state index contributed by atoms with van der Waals surface area (Å²) in [7, 11) is 0. The van der Waals surface area contributed by atoms with E-state index in [4.69, 9.17) is 16.7 Å². The van der Waals surface area contributed by atoms with Gasteiger partial charge in [-0.2, -0.15) is 11.8 Å². The van der Waals surface area contributed by atoms with E-state index < -0.39 is 0 Å². The van der Waals surface area contributed by atoms with E-state index in [2.05, 4.69) is 10.3 Å². The van der Waals surface area contributed by atoms with Crippen molar-refractivity contribution in [2.24, 2.45) is 0 Å². The second kappa shape index (κ2) is 8.22. The van der Waals surface area contributed by atoms with Gasteiger partial charge in [0.2, 0.25) is 0 Å². The topological polar surface area (TPSA) is 45.2 Å². The number of hydrogen-bond donors (Lipinski definition) is 2. The van der Waals surface area contributed by atoms with Crippen molar-refractivity contribution in [1.82, 2.24) is 4.98 Å². The molecule has 0 aliphatic heterocycles. The van der Waals surface area contributed by atoms with Gasteiger partial charge in [-0.25, -0.2) is 9.37 Å². The van der Waals surface area contributed by atoms with Crippen LogP contribution >= 0.6 is 23.4 Å². The Hall–Kier alpha value is -1.30. The van der Waals surface area contributed by atoms with Crippen molar-refractivity contribution in [1.29, 1.82) is 0 Å². The summed E-state index contributed by atoms with van der Waals surface area (Å²) in [6.45, 7) is 0.502. The van der Waals surface area contributed by atoms with Gasteiger partial charge in [0.15, 0.2) is 0 Å². The second-order valence-electron chi connectivity index (χ2n) is 4.41. The Morgan fingerprint density at radius 1 is 1.29 bits per heavy atom. The molecule has 0 fully saturated rings. The minimum absolute atomic E-state index is 0.175. The van der Waals surface area contributed by atoms with E-state index in [1.165, 1.54) is 12.1 Å². The van der Waals surface area contributed by atoms with E-state index in [0.717, 1.165) is 11.3 Å². The molecule has 1 aromatic heterocycles. The minimum Gasteiger partial charge on any atom is -0.396 e. The number of hydrogen-bond acceptors (Lipinski definition) is 4. The van der Waals surface area contributed by atoms with Crippen molar-refractivity contribution < 1.29 is 9.50 Å². The van der Waals surface area contributed by atoms with Gasteiger partial charge in [-0.1, -0.05) is 11.6 Å². The number of thioether (sulfide) groups is 1. The lowest BCUT2D eigenvalue weighted by Crippen LogP contribution is -2.03. The SMILES string of the molecule is OCCSCc1ccnc(NCc2cc(Cl)ccc2F)c1. The number of anilines is 1. The van der Waals surface area contributed by atoms with Crippen molar-refractivity contribution in [3.8, 4) is 0 Å². The van der Waals surface area contributed by atoms with Gasteiger partial charge in [0.05, 0.1) is 6.61 Å². The zero-order valence-corrected chi connectivity index (χ0v) is 12.9.